The highest BCUT2D eigenvalue weighted by Crippen LogP contribution is 2.16. The van der Waals surface area contributed by atoms with Gasteiger partial charge in [-0.3, -0.25) is 0 Å². The quantitative estimate of drug-likeness (QED) is 0.125. The van der Waals surface area contributed by atoms with Gasteiger partial charge in [0.1, 0.15) is 0 Å². The Kier molecular flexibility index (Phi) is 26.0. The molecule has 0 aromatic heterocycles. The lowest BCUT2D eigenvalue weighted by molar-refractivity contribution is 0.106. The van der Waals surface area contributed by atoms with Crippen molar-refractivity contribution in [2.45, 2.75) is 129 Å². The van der Waals surface area contributed by atoms with Crippen LogP contribution in [0.2, 0.25) is 0 Å². The monoisotopic (exact) mass is 467 g/mol. The first-order valence-electron chi connectivity index (χ1n) is 12.6. The first-order chi connectivity index (χ1) is 14.2. The Hall–Kier alpha value is 0.347. The van der Waals surface area contributed by atoms with Crippen LogP contribution in [0.1, 0.15) is 123 Å². The van der Waals surface area contributed by atoms with Crippen molar-refractivity contribution in [1.29, 1.82) is 0 Å². The summed E-state index contributed by atoms with van der Waals surface area (Å²) in [5.74, 6) is 0. The molecule has 0 aromatic carbocycles. The average Bonchev–Trinajstić information content (AvgIpc) is 2.75. The summed E-state index contributed by atoms with van der Waals surface area (Å²) in [6, 6.07) is 0. The molecular weight excluding hydrogens is 414 g/mol. The minimum Gasteiger partial charge on any atom is -0.376 e. The predicted molar refractivity (Wildman–Crippen MR) is 136 cm³/mol. The molecule has 0 aromatic rings. The van der Waals surface area contributed by atoms with Gasteiger partial charge < -0.3 is 18.6 Å². The van der Waals surface area contributed by atoms with Gasteiger partial charge in [0, 0.05) is 21.3 Å². The van der Waals surface area contributed by atoms with Gasteiger partial charge in [-0.05, 0) is 19.4 Å². The van der Waals surface area contributed by atoms with Crippen molar-refractivity contribution in [2.24, 2.45) is 0 Å². The van der Waals surface area contributed by atoms with Crippen molar-refractivity contribution in [2.75, 3.05) is 27.9 Å². The van der Waals surface area contributed by atoms with E-state index in [-0.39, 0.29) is 18.1 Å². The Balaban J connectivity index is 0. The van der Waals surface area contributed by atoms with E-state index in [2.05, 4.69) is 19.2 Å². The summed E-state index contributed by atoms with van der Waals surface area (Å²) in [7, 11) is 2.51. The molecule has 0 radical (unpaired) electrons. The van der Waals surface area contributed by atoms with Crippen molar-refractivity contribution in [3.63, 3.8) is 0 Å². The summed E-state index contributed by atoms with van der Waals surface area (Å²) in [5, 5.41) is 3.60. The zero-order chi connectivity index (χ0) is 21.6. The third-order valence-electron chi connectivity index (χ3n) is 6.11. The number of unbranched alkanes of at least 4 members (excludes halogenated alkanes) is 15. The normalized spacial score (nSPS) is 12.7. The Morgan fingerprint density at radius 2 is 0.900 bits per heavy atom. The number of hydrogen-bond acceptors (Lipinski definition) is 4. The van der Waals surface area contributed by atoms with Crippen molar-refractivity contribution in [1.82, 2.24) is 5.32 Å². The van der Waals surface area contributed by atoms with E-state index in [1.807, 2.05) is 0 Å². The van der Waals surface area contributed by atoms with Crippen LogP contribution in [-0.2, 0) is 13.3 Å². The maximum Gasteiger partial charge on any atom is 0.517 e. The second-order valence-corrected chi connectivity index (χ2v) is 11.6. The second-order valence-electron chi connectivity index (χ2n) is 8.43. The van der Waals surface area contributed by atoms with Crippen molar-refractivity contribution < 1.29 is 13.3 Å². The van der Waals surface area contributed by atoms with E-state index in [4.69, 9.17) is 13.3 Å². The van der Waals surface area contributed by atoms with Crippen LogP contribution in [0.3, 0.4) is 0 Å². The van der Waals surface area contributed by atoms with Gasteiger partial charge in [0.05, 0.1) is 5.67 Å². The highest BCUT2D eigenvalue weighted by Gasteiger charge is 2.46. The fourth-order valence-electron chi connectivity index (χ4n) is 4.15. The molecule has 30 heavy (non-hydrogen) atoms. The lowest BCUT2D eigenvalue weighted by Crippen LogP contribution is -2.60. The van der Waals surface area contributed by atoms with E-state index in [1.165, 1.54) is 103 Å². The Labute approximate surface area is 196 Å². The molecule has 4 nitrogen and oxygen atoms in total. The van der Waals surface area contributed by atoms with E-state index >= 15 is 0 Å². The van der Waals surface area contributed by atoms with Gasteiger partial charge in [0.2, 0.25) is 0 Å². The topological polar surface area (TPSA) is 39.7 Å². The summed E-state index contributed by atoms with van der Waals surface area (Å²) in [5.41, 5.74) is 0.179. The van der Waals surface area contributed by atoms with E-state index in [9.17, 15) is 0 Å². The standard InChI is InChI=1S/C24H53NO3Si.ClH/c1-6-8-9-10-11-12-13-14-15-16-17-18-19-20-21-22-23-25-24(7-2)29(26-3,27-4)28-5;/h24-25H,6-23H2,1-5H3;1H. The first-order valence-corrected chi connectivity index (χ1v) is 14.4. The van der Waals surface area contributed by atoms with E-state index in [0.717, 1.165) is 13.0 Å². The van der Waals surface area contributed by atoms with E-state index in [1.54, 1.807) is 21.3 Å². The molecule has 0 aliphatic heterocycles. The van der Waals surface area contributed by atoms with Gasteiger partial charge in [0.15, 0.2) is 0 Å². The second kappa shape index (κ2) is 24.0. The molecule has 1 N–H and O–H groups in total. The minimum absolute atomic E-state index is 0. The molecule has 0 fully saturated rings. The number of hydrogen-bond donors (Lipinski definition) is 1. The maximum atomic E-state index is 5.60. The molecule has 0 spiro atoms. The van der Waals surface area contributed by atoms with E-state index in [0.29, 0.717) is 0 Å². The zero-order valence-electron chi connectivity index (χ0n) is 20.9. The van der Waals surface area contributed by atoms with Gasteiger partial charge in [-0.25, -0.2) is 0 Å². The average molecular weight is 468 g/mol. The van der Waals surface area contributed by atoms with Crippen LogP contribution in [-0.4, -0.2) is 42.3 Å². The molecule has 6 heteroatoms. The van der Waals surface area contributed by atoms with Gasteiger partial charge >= 0.3 is 8.80 Å². The molecule has 184 valence electrons. The number of rotatable bonds is 23. The fourth-order valence-corrected chi connectivity index (χ4v) is 6.39. The van der Waals surface area contributed by atoms with E-state index < -0.39 is 8.80 Å². The fraction of sp³-hybridized carbons (Fsp3) is 1.00. The van der Waals surface area contributed by atoms with Crippen LogP contribution in [0.4, 0.5) is 0 Å². The molecular formula is C24H54ClNO3Si. The van der Waals surface area contributed by atoms with Crippen molar-refractivity contribution >= 4 is 21.2 Å². The molecule has 0 heterocycles. The van der Waals surface area contributed by atoms with Crippen LogP contribution >= 0.6 is 12.4 Å². The molecule has 0 amide bonds. The molecule has 1 atom stereocenters. The highest BCUT2D eigenvalue weighted by atomic mass is 35.5. The lowest BCUT2D eigenvalue weighted by atomic mass is 10.0. The van der Waals surface area contributed by atoms with Crippen LogP contribution in [0.15, 0.2) is 0 Å². The van der Waals surface area contributed by atoms with Crippen LogP contribution < -0.4 is 5.32 Å². The number of nitrogens with one attached hydrogen (secondary N) is 1. The first kappa shape index (κ1) is 32.5. The third-order valence-corrected chi connectivity index (χ3v) is 9.28. The van der Waals surface area contributed by atoms with Gasteiger partial charge in [-0.15, -0.1) is 12.4 Å². The van der Waals surface area contributed by atoms with Crippen LogP contribution in [0.25, 0.3) is 0 Å². The summed E-state index contributed by atoms with van der Waals surface area (Å²) in [6.45, 7) is 5.46. The maximum absolute atomic E-state index is 5.60. The Morgan fingerprint density at radius 1 is 0.567 bits per heavy atom. The van der Waals surface area contributed by atoms with Gasteiger partial charge in [-0.2, -0.15) is 0 Å². The molecule has 0 aliphatic rings. The molecule has 0 saturated heterocycles. The smallest absolute Gasteiger partial charge is 0.376 e. The van der Waals surface area contributed by atoms with Crippen LogP contribution in [0, 0.1) is 0 Å². The highest BCUT2D eigenvalue weighted by molar-refractivity contribution is 6.62. The lowest BCUT2D eigenvalue weighted by Gasteiger charge is -2.32. The summed E-state index contributed by atoms with van der Waals surface area (Å²) in [6.07, 6.45) is 23.5. The molecule has 0 aliphatic carbocycles. The summed E-state index contributed by atoms with van der Waals surface area (Å²) in [4.78, 5) is 0. The van der Waals surface area contributed by atoms with Crippen LogP contribution in [0.5, 0.6) is 0 Å². The minimum atomic E-state index is -2.57. The van der Waals surface area contributed by atoms with Gasteiger partial charge in [0.25, 0.3) is 0 Å². The Morgan fingerprint density at radius 3 is 1.20 bits per heavy atom. The molecule has 0 rings (SSSR count). The molecule has 1 unspecified atom stereocenters. The largest absolute Gasteiger partial charge is 0.517 e. The molecule has 0 saturated carbocycles. The molecule has 0 bridgehead atoms. The predicted octanol–water partition coefficient (Wildman–Crippen LogP) is 7.46. The summed E-state index contributed by atoms with van der Waals surface area (Å²) < 4.78 is 16.8. The SMILES string of the molecule is CCCCCCCCCCCCCCCCCCNC(CC)[Si](OC)(OC)OC.Cl. The Bertz CT molecular complexity index is 325. The van der Waals surface area contributed by atoms with Gasteiger partial charge in [-0.1, -0.05) is 110 Å². The zero-order valence-corrected chi connectivity index (χ0v) is 22.8. The third kappa shape index (κ3) is 16.0. The van der Waals surface area contributed by atoms with Crippen molar-refractivity contribution in [3.05, 3.63) is 0 Å². The van der Waals surface area contributed by atoms with Crippen molar-refractivity contribution in [3.8, 4) is 0 Å². The number of halogens is 1. The summed E-state index contributed by atoms with van der Waals surface area (Å²) >= 11 is 0.